The highest BCUT2D eigenvalue weighted by Gasteiger charge is 2.16. The van der Waals surface area contributed by atoms with E-state index in [1.54, 1.807) is 24.3 Å². The van der Waals surface area contributed by atoms with E-state index in [4.69, 9.17) is 9.84 Å². The number of carboxylic acids is 1. The Hall–Kier alpha value is -2.43. The predicted molar refractivity (Wildman–Crippen MR) is 69.2 cm³/mol. The molecular weight excluding hydrogens is 266 g/mol. The molecule has 0 amide bonds. The van der Waals surface area contributed by atoms with Crippen molar-refractivity contribution >= 4 is 5.97 Å². The van der Waals surface area contributed by atoms with Crippen LogP contribution in [0.3, 0.4) is 0 Å². The van der Waals surface area contributed by atoms with Crippen LogP contribution in [0.25, 0.3) is 0 Å². The van der Waals surface area contributed by atoms with Gasteiger partial charge in [-0.15, -0.1) is 0 Å². The Balaban J connectivity index is 2.30. The number of aromatic carboxylic acids is 1. The van der Waals surface area contributed by atoms with Gasteiger partial charge in [0.15, 0.2) is 17.4 Å². The molecule has 0 aromatic heterocycles. The topological polar surface area (TPSA) is 46.5 Å². The molecule has 0 aliphatic heterocycles. The van der Waals surface area contributed by atoms with Gasteiger partial charge in [0.25, 0.3) is 0 Å². The van der Waals surface area contributed by atoms with Crippen LogP contribution >= 0.6 is 0 Å². The quantitative estimate of drug-likeness (QED) is 0.918. The van der Waals surface area contributed by atoms with Crippen LogP contribution < -0.4 is 4.74 Å². The molecule has 2 rings (SSSR count). The number of carboxylic acid groups (broad SMARTS) is 1. The molecule has 3 nitrogen and oxygen atoms in total. The normalized spacial score (nSPS) is 10.3. The molecule has 0 spiro atoms. The molecule has 0 radical (unpaired) electrons. The van der Waals surface area contributed by atoms with E-state index in [0.29, 0.717) is 0 Å². The van der Waals surface area contributed by atoms with Crippen molar-refractivity contribution in [3.63, 3.8) is 0 Å². The highest BCUT2D eigenvalue weighted by molar-refractivity contribution is 5.87. The number of halogens is 2. The van der Waals surface area contributed by atoms with E-state index in [2.05, 4.69) is 0 Å². The largest absolute Gasteiger partial charge is 0.478 e. The maximum Gasteiger partial charge on any atom is 0.335 e. The van der Waals surface area contributed by atoms with E-state index in [1.807, 2.05) is 6.92 Å². The number of benzene rings is 2. The minimum atomic E-state index is -1.40. The van der Waals surface area contributed by atoms with Gasteiger partial charge >= 0.3 is 5.97 Å². The SMILES string of the molecule is CCc1ccc(Oc2c(F)cc(C(=O)O)cc2F)cc1. The molecule has 0 bridgehead atoms. The van der Waals surface area contributed by atoms with Gasteiger partial charge in [0.2, 0.25) is 0 Å². The summed E-state index contributed by atoms with van der Waals surface area (Å²) in [4.78, 5) is 10.7. The molecule has 5 heteroatoms. The van der Waals surface area contributed by atoms with Crippen molar-refractivity contribution in [1.29, 1.82) is 0 Å². The van der Waals surface area contributed by atoms with E-state index in [1.165, 1.54) is 0 Å². The van der Waals surface area contributed by atoms with E-state index in [9.17, 15) is 13.6 Å². The number of ether oxygens (including phenoxy) is 1. The van der Waals surface area contributed by atoms with Crippen LogP contribution in [-0.2, 0) is 6.42 Å². The van der Waals surface area contributed by atoms with Crippen LogP contribution in [0.5, 0.6) is 11.5 Å². The van der Waals surface area contributed by atoms with Crippen molar-refractivity contribution in [2.24, 2.45) is 0 Å². The van der Waals surface area contributed by atoms with Crippen molar-refractivity contribution in [2.45, 2.75) is 13.3 Å². The Morgan fingerprint density at radius 2 is 1.70 bits per heavy atom. The van der Waals surface area contributed by atoms with Crippen LogP contribution in [0.2, 0.25) is 0 Å². The van der Waals surface area contributed by atoms with Gasteiger partial charge in [-0.05, 0) is 36.2 Å². The van der Waals surface area contributed by atoms with Gasteiger partial charge in [0, 0.05) is 0 Å². The number of hydrogen-bond acceptors (Lipinski definition) is 2. The molecule has 0 saturated carbocycles. The first-order valence-electron chi connectivity index (χ1n) is 6.00. The molecule has 1 N–H and O–H groups in total. The minimum absolute atomic E-state index is 0.281. The van der Waals surface area contributed by atoms with E-state index in [0.717, 1.165) is 24.1 Å². The fourth-order valence-corrected chi connectivity index (χ4v) is 1.69. The lowest BCUT2D eigenvalue weighted by Crippen LogP contribution is -2.01. The average molecular weight is 278 g/mol. The zero-order valence-electron chi connectivity index (χ0n) is 10.7. The predicted octanol–water partition coefficient (Wildman–Crippen LogP) is 4.02. The molecule has 0 unspecified atom stereocenters. The third kappa shape index (κ3) is 2.93. The molecule has 0 aliphatic carbocycles. The van der Waals surface area contributed by atoms with Gasteiger partial charge < -0.3 is 9.84 Å². The standard InChI is InChI=1S/C15H12F2O3/c1-2-9-3-5-11(6-4-9)20-14-12(16)7-10(15(18)19)8-13(14)17/h3-8H,2H2,1H3,(H,18,19). The first-order valence-corrected chi connectivity index (χ1v) is 6.00. The monoisotopic (exact) mass is 278 g/mol. The van der Waals surface area contributed by atoms with Crippen molar-refractivity contribution in [3.8, 4) is 11.5 Å². The second-order valence-electron chi connectivity index (χ2n) is 4.17. The third-order valence-electron chi connectivity index (χ3n) is 2.80. The van der Waals surface area contributed by atoms with Crippen LogP contribution in [0.1, 0.15) is 22.8 Å². The Labute approximate surface area is 114 Å². The first kappa shape index (κ1) is 14.0. The zero-order chi connectivity index (χ0) is 14.7. The molecule has 0 atom stereocenters. The van der Waals surface area contributed by atoms with E-state index >= 15 is 0 Å². The molecule has 0 aliphatic rings. The smallest absolute Gasteiger partial charge is 0.335 e. The van der Waals surface area contributed by atoms with Crippen molar-refractivity contribution < 1.29 is 23.4 Å². The lowest BCUT2D eigenvalue weighted by atomic mass is 10.1. The van der Waals surface area contributed by atoms with Crippen LogP contribution in [0.4, 0.5) is 8.78 Å². The summed E-state index contributed by atoms with van der Waals surface area (Å²) in [6.07, 6.45) is 0.844. The number of aryl methyl sites for hydroxylation is 1. The van der Waals surface area contributed by atoms with Gasteiger partial charge in [-0.2, -0.15) is 0 Å². The zero-order valence-corrected chi connectivity index (χ0v) is 10.7. The fraction of sp³-hybridized carbons (Fsp3) is 0.133. The summed E-state index contributed by atoms with van der Waals surface area (Å²) in [5, 5.41) is 8.70. The van der Waals surface area contributed by atoms with Crippen molar-refractivity contribution in [3.05, 3.63) is 59.2 Å². The maximum absolute atomic E-state index is 13.7. The van der Waals surface area contributed by atoms with Crippen LogP contribution in [-0.4, -0.2) is 11.1 Å². The van der Waals surface area contributed by atoms with Crippen LogP contribution in [0.15, 0.2) is 36.4 Å². The Kier molecular flexibility index (Phi) is 3.98. The van der Waals surface area contributed by atoms with Crippen molar-refractivity contribution in [1.82, 2.24) is 0 Å². The van der Waals surface area contributed by atoms with Gasteiger partial charge in [-0.3, -0.25) is 0 Å². The number of carbonyl (C=O) groups is 1. The second kappa shape index (κ2) is 5.69. The van der Waals surface area contributed by atoms with Gasteiger partial charge in [0.1, 0.15) is 5.75 Å². The van der Waals surface area contributed by atoms with Crippen LogP contribution in [0, 0.1) is 11.6 Å². The van der Waals surface area contributed by atoms with Gasteiger partial charge in [-0.25, -0.2) is 13.6 Å². The number of hydrogen-bond donors (Lipinski definition) is 1. The van der Waals surface area contributed by atoms with Gasteiger partial charge in [0.05, 0.1) is 5.56 Å². The summed E-state index contributed by atoms with van der Waals surface area (Å²) in [7, 11) is 0. The Morgan fingerprint density at radius 3 is 2.15 bits per heavy atom. The average Bonchev–Trinajstić information content (AvgIpc) is 2.43. The highest BCUT2D eigenvalue weighted by Crippen LogP contribution is 2.28. The highest BCUT2D eigenvalue weighted by atomic mass is 19.1. The molecular formula is C15H12F2O3. The maximum atomic E-state index is 13.7. The molecule has 2 aromatic carbocycles. The summed E-state index contributed by atoms with van der Waals surface area (Å²) in [5.74, 6) is -3.84. The molecule has 20 heavy (non-hydrogen) atoms. The third-order valence-corrected chi connectivity index (χ3v) is 2.80. The summed E-state index contributed by atoms with van der Waals surface area (Å²) < 4.78 is 32.5. The Bertz CT molecular complexity index is 613. The lowest BCUT2D eigenvalue weighted by Gasteiger charge is -2.09. The summed E-state index contributed by atoms with van der Waals surface area (Å²) in [6.45, 7) is 1.99. The van der Waals surface area contributed by atoms with Gasteiger partial charge in [-0.1, -0.05) is 19.1 Å². The molecule has 104 valence electrons. The molecule has 2 aromatic rings. The minimum Gasteiger partial charge on any atom is -0.478 e. The molecule has 0 saturated heterocycles. The van der Waals surface area contributed by atoms with E-state index < -0.39 is 28.9 Å². The van der Waals surface area contributed by atoms with Crippen molar-refractivity contribution in [2.75, 3.05) is 0 Å². The lowest BCUT2D eigenvalue weighted by molar-refractivity contribution is 0.0695. The summed E-state index contributed by atoms with van der Waals surface area (Å²) >= 11 is 0. The molecule has 0 heterocycles. The van der Waals surface area contributed by atoms with E-state index in [-0.39, 0.29) is 5.75 Å². The summed E-state index contributed by atoms with van der Waals surface area (Å²) in [5.41, 5.74) is 0.605. The fourth-order valence-electron chi connectivity index (χ4n) is 1.69. The Morgan fingerprint density at radius 1 is 1.15 bits per heavy atom. The number of rotatable bonds is 4. The first-order chi connectivity index (χ1) is 9.51. The summed E-state index contributed by atoms with van der Waals surface area (Å²) in [6, 6.07) is 8.22. The second-order valence-corrected chi connectivity index (χ2v) is 4.17. The molecule has 0 fully saturated rings.